The van der Waals surface area contributed by atoms with Crippen LogP contribution in [0.25, 0.3) is 0 Å². The summed E-state index contributed by atoms with van der Waals surface area (Å²) in [7, 11) is 0. The third kappa shape index (κ3) is 3.10. The average molecular weight is 225 g/mol. The molecule has 0 aromatic heterocycles. The van der Waals surface area contributed by atoms with Crippen LogP contribution in [0.3, 0.4) is 0 Å². The molecule has 0 aliphatic rings. The third-order valence-corrected chi connectivity index (χ3v) is 2.97. The first-order chi connectivity index (χ1) is 8.15. The first-order valence-electron chi connectivity index (χ1n) is 6.02. The molecule has 0 aliphatic heterocycles. The maximum absolute atomic E-state index is 3.48. The van der Waals surface area contributed by atoms with Crippen LogP contribution in [-0.2, 0) is 6.54 Å². The molecule has 2 rings (SSSR count). The minimum atomic E-state index is 0.884. The normalized spacial score (nSPS) is 10.3. The van der Waals surface area contributed by atoms with Crippen molar-refractivity contribution in [2.24, 2.45) is 0 Å². The Bertz CT molecular complexity index is 494. The van der Waals surface area contributed by atoms with Gasteiger partial charge in [-0.1, -0.05) is 30.3 Å². The zero-order valence-corrected chi connectivity index (χ0v) is 10.7. The van der Waals surface area contributed by atoms with Crippen molar-refractivity contribution in [3.63, 3.8) is 0 Å². The van der Waals surface area contributed by atoms with Gasteiger partial charge < -0.3 is 5.32 Å². The summed E-state index contributed by atoms with van der Waals surface area (Å²) < 4.78 is 0. The summed E-state index contributed by atoms with van der Waals surface area (Å²) in [6, 6.07) is 15.1. The summed E-state index contributed by atoms with van der Waals surface area (Å²) in [5, 5.41) is 3.48. The summed E-state index contributed by atoms with van der Waals surface area (Å²) in [6.07, 6.45) is 0. The number of nitrogens with one attached hydrogen (secondary N) is 1. The van der Waals surface area contributed by atoms with Crippen molar-refractivity contribution in [1.82, 2.24) is 0 Å². The van der Waals surface area contributed by atoms with Crippen LogP contribution in [0.5, 0.6) is 0 Å². The van der Waals surface area contributed by atoms with Gasteiger partial charge in [0.25, 0.3) is 0 Å². The van der Waals surface area contributed by atoms with Gasteiger partial charge in [0.2, 0.25) is 0 Å². The van der Waals surface area contributed by atoms with E-state index in [-0.39, 0.29) is 0 Å². The Labute approximate surface area is 103 Å². The van der Waals surface area contributed by atoms with E-state index in [1.54, 1.807) is 0 Å². The fraction of sp³-hybridized carbons (Fsp3) is 0.250. The fourth-order valence-electron chi connectivity index (χ4n) is 2.08. The van der Waals surface area contributed by atoms with Crippen LogP contribution in [-0.4, -0.2) is 0 Å². The van der Waals surface area contributed by atoms with Crippen molar-refractivity contribution in [1.29, 1.82) is 0 Å². The van der Waals surface area contributed by atoms with Crippen molar-refractivity contribution in [2.45, 2.75) is 27.3 Å². The Kier molecular flexibility index (Phi) is 3.48. The number of aryl methyl sites for hydroxylation is 3. The maximum Gasteiger partial charge on any atom is 0.0403 e. The number of anilines is 1. The molecule has 17 heavy (non-hydrogen) atoms. The Morgan fingerprint density at radius 2 is 1.53 bits per heavy atom. The fourth-order valence-corrected chi connectivity index (χ4v) is 2.08. The Balaban J connectivity index is 2.10. The summed E-state index contributed by atoms with van der Waals surface area (Å²) in [5.41, 5.74) is 6.50. The molecule has 0 spiro atoms. The lowest BCUT2D eigenvalue weighted by molar-refractivity contribution is 1.11. The van der Waals surface area contributed by atoms with E-state index in [1.165, 1.54) is 27.9 Å². The Hall–Kier alpha value is -1.76. The monoisotopic (exact) mass is 225 g/mol. The minimum absolute atomic E-state index is 0.884. The number of benzene rings is 2. The summed E-state index contributed by atoms with van der Waals surface area (Å²) >= 11 is 0. The molecule has 88 valence electrons. The van der Waals surface area contributed by atoms with E-state index in [0.717, 1.165) is 6.54 Å². The lowest BCUT2D eigenvalue weighted by atomic mass is 10.1. The highest BCUT2D eigenvalue weighted by atomic mass is 14.9. The van der Waals surface area contributed by atoms with Crippen molar-refractivity contribution < 1.29 is 0 Å². The zero-order valence-electron chi connectivity index (χ0n) is 10.7. The van der Waals surface area contributed by atoms with Gasteiger partial charge in [0.05, 0.1) is 0 Å². The van der Waals surface area contributed by atoms with Crippen LogP contribution >= 0.6 is 0 Å². The number of rotatable bonds is 3. The van der Waals surface area contributed by atoms with E-state index in [1.807, 2.05) is 0 Å². The predicted octanol–water partition coefficient (Wildman–Crippen LogP) is 4.22. The number of hydrogen-bond donors (Lipinski definition) is 1. The molecule has 1 heteroatoms. The summed E-state index contributed by atoms with van der Waals surface area (Å²) in [6.45, 7) is 7.30. The van der Waals surface area contributed by atoms with Gasteiger partial charge in [-0.15, -0.1) is 0 Å². The van der Waals surface area contributed by atoms with Gasteiger partial charge in [-0.3, -0.25) is 0 Å². The topological polar surface area (TPSA) is 12.0 Å². The number of hydrogen-bond acceptors (Lipinski definition) is 1. The van der Waals surface area contributed by atoms with Crippen molar-refractivity contribution >= 4 is 5.69 Å². The first kappa shape index (κ1) is 11.7. The molecule has 1 nitrogen and oxygen atoms in total. The molecule has 0 saturated carbocycles. The van der Waals surface area contributed by atoms with Gasteiger partial charge >= 0.3 is 0 Å². The predicted molar refractivity (Wildman–Crippen MR) is 74.4 cm³/mol. The molecule has 1 N–H and O–H groups in total. The smallest absolute Gasteiger partial charge is 0.0403 e. The van der Waals surface area contributed by atoms with Gasteiger partial charge in [0, 0.05) is 12.2 Å². The zero-order chi connectivity index (χ0) is 12.3. The second-order valence-electron chi connectivity index (χ2n) is 4.66. The molecular formula is C16H19N. The van der Waals surface area contributed by atoms with Crippen LogP contribution in [0.1, 0.15) is 22.3 Å². The summed E-state index contributed by atoms with van der Waals surface area (Å²) in [5.74, 6) is 0. The molecule has 0 radical (unpaired) electrons. The molecule has 2 aromatic rings. The van der Waals surface area contributed by atoms with Crippen LogP contribution < -0.4 is 5.32 Å². The SMILES string of the molecule is Cc1cc(C)cc(NCc2ccccc2C)c1. The molecule has 0 atom stereocenters. The first-order valence-corrected chi connectivity index (χ1v) is 6.02. The molecule has 0 saturated heterocycles. The lowest BCUT2D eigenvalue weighted by Gasteiger charge is -2.10. The van der Waals surface area contributed by atoms with E-state index in [4.69, 9.17) is 0 Å². The molecular weight excluding hydrogens is 206 g/mol. The Morgan fingerprint density at radius 3 is 2.18 bits per heavy atom. The van der Waals surface area contributed by atoms with E-state index in [9.17, 15) is 0 Å². The van der Waals surface area contributed by atoms with E-state index in [2.05, 4.69) is 68.6 Å². The molecule has 2 aromatic carbocycles. The maximum atomic E-state index is 3.48. The molecule has 0 fully saturated rings. The summed E-state index contributed by atoms with van der Waals surface area (Å²) in [4.78, 5) is 0. The Morgan fingerprint density at radius 1 is 0.882 bits per heavy atom. The standard InChI is InChI=1S/C16H19N/c1-12-8-13(2)10-16(9-12)17-11-15-7-5-4-6-14(15)3/h4-10,17H,11H2,1-3H3. The largest absolute Gasteiger partial charge is 0.381 e. The highest BCUT2D eigenvalue weighted by Crippen LogP contribution is 2.15. The molecule has 0 unspecified atom stereocenters. The van der Waals surface area contributed by atoms with Crippen LogP contribution in [0.15, 0.2) is 42.5 Å². The molecule has 0 heterocycles. The highest BCUT2D eigenvalue weighted by Gasteiger charge is 1.98. The average Bonchev–Trinajstić information content (AvgIpc) is 2.27. The van der Waals surface area contributed by atoms with Gasteiger partial charge in [-0.25, -0.2) is 0 Å². The van der Waals surface area contributed by atoms with Gasteiger partial charge in [0.15, 0.2) is 0 Å². The van der Waals surface area contributed by atoms with E-state index < -0.39 is 0 Å². The molecule has 0 amide bonds. The second-order valence-corrected chi connectivity index (χ2v) is 4.66. The van der Waals surface area contributed by atoms with Gasteiger partial charge in [-0.05, 0) is 55.2 Å². The molecule has 0 aliphatic carbocycles. The quantitative estimate of drug-likeness (QED) is 0.824. The van der Waals surface area contributed by atoms with Gasteiger partial charge in [-0.2, -0.15) is 0 Å². The van der Waals surface area contributed by atoms with Crippen molar-refractivity contribution in [2.75, 3.05) is 5.32 Å². The van der Waals surface area contributed by atoms with Crippen LogP contribution in [0, 0.1) is 20.8 Å². The van der Waals surface area contributed by atoms with E-state index in [0.29, 0.717) is 0 Å². The third-order valence-electron chi connectivity index (χ3n) is 2.97. The minimum Gasteiger partial charge on any atom is -0.381 e. The van der Waals surface area contributed by atoms with E-state index >= 15 is 0 Å². The van der Waals surface area contributed by atoms with Crippen LogP contribution in [0.4, 0.5) is 5.69 Å². The highest BCUT2D eigenvalue weighted by molar-refractivity contribution is 5.49. The van der Waals surface area contributed by atoms with Crippen molar-refractivity contribution in [3.05, 3.63) is 64.7 Å². The van der Waals surface area contributed by atoms with Gasteiger partial charge in [0.1, 0.15) is 0 Å². The molecule has 0 bridgehead atoms. The lowest BCUT2D eigenvalue weighted by Crippen LogP contribution is -2.01. The van der Waals surface area contributed by atoms with Crippen molar-refractivity contribution in [3.8, 4) is 0 Å². The van der Waals surface area contributed by atoms with Crippen LogP contribution in [0.2, 0.25) is 0 Å². The second kappa shape index (κ2) is 5.05.